The summed E-state index contributed by atoms with van der Waals surface area (Å²) in [6.45, 7) is 9.24. The van der Waals surface area contributed by atoms with Crippen molar-refractivity contribution >= 4 is 0 Å². The van der Waals surface area contributed by atoms with Crippen LogP contribution in [-0.2, 0) is 0 Å². The van der Waals surface area contributed by atoms with Crippen LogP contribution < -0.4 is 10.8 Å². The maximum absolute atomic E-state index is 9.96. The normalized spacial score (nSPS) is 11.5. The van der Waals surface area contributed by atoms with Crippen molar-refractivity contribution in [2.45, 2.75) is 207 Å². The minimum Gasteiger partial charge on any atom is -0.854 e. The molecule has 0 aliphatic rings. The number of hydrogen-bond donors (Lipinski definition) is 1. The summed E-state index contributed by atoms with van der Waals surface area (Å²) in [6, 6.07) is 0. The van der Waals surface area contributed by atoms with Crippen molar-refractivity contribution in [3.8, 4) is 0 Å². The highest BCUT2D eigenvalue weighted by Gasteiger charge is 2.27. The summed E-state index contributed by atoms with van der Waals surface area (Å²) >= 11 is 0. The summed E-state index contributed by atoms with van der Waals surface area (Å²) in [4.78, 5) is 0. The Hall–Kier alpha value is -0.0800. The summed E-state index contributed by atoms with van der Waals surface area (Å²) in [5, 5.41) is 9.96. The van der Waals surface area contributed by atoms with Gasteiger partial charge in [0.2, 0.25) is 0 Å². The van der Waals surface area contributed by atoms with Crippen LogP contribution in [-0.4, -0.2) is 12.1 Å². The number of unbranched alkanes of at least 4 members (excludes halogenated alkanes) is 20. The topological polar surface area (TPSA) is 50.7 Å². The third kappa shape index (κ3) is 31.9. The Morgan fingerprint density at radius 1 is 0.371 bits per heavy atom. The molecule has 0 fully saturated rings. The van der Waals surface area contributed by atoms with Crippen molar-refractivity contribution in [3.63, 3.8) is 0 Å². The molecule has 0 aromatic rings. The van der Waals surface area contributed by atoms with Crippen LogP contribution in [0.1, 0.15) is 201 Å². The molecule has 2 heteroatoms. The quantitative estimate of drug-likeness (QED) is 0.113. The van der Waals surface area contributed by atoms with E-state index in [1.165, 1.54) is 161 Å². The van der Waals surface area contributed by atoms with Crippen molar-refractivity contribution in [1.82, 2.24) is 0 Å². The number of quaternary nitrogens is 1. The van der Waals surface area contributed by atoms with Crippen LogP contribution in [0.3, 0.4) is 0 Å². The minimum atomic E-state index is 0.117. The van der Waals surface area contributed by atoms with Crippen LogP contribution in [0.5, 0.6) is 0 Å². The van der Waals surface area contributed by atoms with Crippen LogP contribution in [0.25, 0.3) is 0 Å². The molecule has 0 aliphatic heterocycles. The van der Waals surface area contributed by atoms with Crippen LogP contribution in [0.2, 0.25) is 0 Å². The maximum atomic E-state index is 9.96. The number of rotatable bonds is 27. The molecule has 35 heavy (non-hydrogen) atoms. The molecule has 0 aromatic carbocycles. The maximum Gasteiger partial charge on any atom is 0.0945 e. The van der Waals surface area contributed by atoms with E-state index >= 15 is 0 Å². The molecule has 0 saturated heterocycles. The van der Waals surface area contributed by atoms with E-state index in [1.54, 1.807) is 0 Å². The van der Waals surface area contributed by atoms with Crippen molar-refractivity contribution in [1.29, 1.82) is 0 Å². The fourth-order valence-electron chi connectivity index (χ4n) is 5.10. The van der Waals surface area contributed by atoms with Crippen molar-refractivity contribution < 1.29 is 10.8 Å². The zero-order valence-corrected chi connectivity index (χ0v) is 25.4. The molecular formula is C33H71NO. The highest BCUT2D eigenvalue weighted by molar-refractivity contribution is 4.77. The molecule has 0 radical (unpaired) electrons. The first-order chi connectivity index (χ1) is 17.1. The Morgan fingerprint density at radius 3 is 0.857 bits per heavy atom. The highest BCUT2D eigenvalue weighted by Crippen LogP contribution is 2.25. The van der Waals surface area contributed by atoms with Crippen molar-refractivity contribution in [2.75, 3.05) is 6.61 Å². The van der Waals surface area contributed by atoms with Gasteiger partial charge in [0.15, 0.2) is 0 Å². The molecule has 0 heterocycles. The van der Waals surface area contributed by atoms with Gasteiger partial charge < -0.3 is 10.8 Å². The van der Waals surface area contributed by atoms with Crippen LogP contribution >= 0.6 is 0 Å². The summed E-state index contributed by atoms with van der Waals surface area (Å²) in [7, 11) is 0. The van der Waals surface area contributed by atoms with Gasteiger partial charge in [-0.05, 0) is 19.3 Å². The van der Waals surface area contributed by atoms with E-state index in [1.807, 2.05) is 0 Å². The monoisotopic (exact) mass is 498 g/mol. The Kier molecular flexibility index (Phi) is 33.8. The summed E-state index contributed by atoms with van der Waals surface area (Å²) in [5.41, 5.74) is 5.16. The van der Waals surface area contributed by atoms with Gasteiger partial charge in [0.25, 0.3) is 0 Å². The van der Waals surface area contributed by atoms with E-state index in [0.717, 1.165) is 12.8 Å². The molecule has 0 spiro atoms. The van der Waals surface area contributed by atoms with Gasteiger partial charge in [0.05, 0.1) is 5.54 Å². The minimum absolute atomic E-state index is 0.117. The standard InChI is InChI=1S/C25H53N.C8H17O/c1-4-7-10-13-16-19-22-25(26,23-20-17-14-11-8-5-2)24-21-18-15-12-9-6-3;1-2-3-4-5-6-7-8-9/h4-24,26H2,1-3H3;2-8H2,1H3/q;-1/p+1. The van der Waals surface area contributed by atoms with Crippen molar-refractivity contribution in [2.24, 2.45) is 0 Å². The summed E-state index contributed by atoms with van der Waals surface area (Å²) in [5.74, 6) is 0. The fraction of sp³-hybridized carbons (Fsp3) is 1.00. The average Bonchev–Trinajstić information content (AvgIpc) is 2.86. The summed E-state index contributed by atoms with van der Waals surface area (Å²) in [6.07, 6.45) is 36.9. The Balaban J connectivity index is 0. The molecule has 0 unspecified atom stereocenters. The molecule has 0 saturated carbocycles. The molecule has 0 amide bonds. The predicted octanol–water partition coefficient (Wildman–Crippen LogP) is 9.93. The van der Waals surface area contributed by atoms with E-state index in [4.69, 9.17) is 5.73 Å². The van der Waals surface area contributed by atoms with E-state index in [9.17, 15) is 5.11 Å². The first-order valence-electron chi connectivity index (χ1n) is 16.5. The molecule has 0 aromatic heterocycles. The lowest BCUT2D eigenvalue weighted by atomic mass is 9.82. The van der Waals surface area contributed by atoms with Gasteiger partial charge in [0.1, 0.15) is 0 Å². The van der Waals surface area contributed by atoms with Gasteiger partial charge in [-0.2, -0.15) is 0 Å². The second-order valence-electron chi connectivity index (χ2n) is 11.5. The summed E-state index contributed by atoms with van der Waals surface area (Å²) < 4.78 is 0. The first kappa shape index (κ1) is 37.1. The molecule has 0 atom stereocenters. The Bertz CT molecular complexity index is 310. The van der Waals surface area contributed by atoms with Gasteiger partial charge >= 0.3 is 0 Å². The second kappa shape index (κ2) is 31.9. The molecule has 0 bridgehead atoms. The van der Waals surface area contributed by atoms with E-state index in [2.05, 4.69) is 27.7 Å². The molecule has 3 N–H and O–H groups in total. The van der Waals surface area contributed by atoms with E-state index < -0.39 is 0 Å². The smallest absolute Gasteiger partial charge is 0.0945 e. The van der Waals surface area contributed by atoms with E-state index in [-0.39, 0.29) is 6.61 Å². The predicted molar refractivity (Wildman–Crippen MR) is 158 cm³/mol. The molecular weight excluding hydrogens is 426 g/mol. The lowest BCUT2D eigenvalue weighted by Gasteiger charge is -2.26. The third-order valence-corrected chi connectivity index (χ3v) is 7.68. The lowest BCUT2D eigenvalue weighted by Crippen LogP contribution is -2.72. The molecule has 2 nitrogen and oxygen atoms in total. The highest BCUT2D eigenvalue weighted by atomic mass is 16.2. The van der Waals surface area contributed by atoms with Gasteiger partial charge in [-0.25, -0.2) is 0 Å². The van der Waals surface area contributed by atoms with Crippen LogP contribution in [0.15, 0.2) is 0 Å². The zero-order chi connectivity index (χ0) is 26.3. The second-order valence-corrected chi connectivity index (χ2v) is 11.5. The SMILES string of the molecule is CCCCCCCCC([NH3+])(CCCCCCCC)CCCCCCCC.CCCCCCCC[O-]. The van der Waals surface area contributed by atoms with Crippen molar-refractivity contribution in [3.05, 3.63) is 0 Å². The largest absolute Gasteiger partial charge is 0.854 e. The average molecular weight is 498 g/mol. The first-order valence-corrected chi connectivity index (χ1v) is 16.5. The zero-order valence-electron chi connectivity index (χ0n) is 25.4. The Morgan fingerprint density at radius 2 is 0.600 bits per heavy atom. The van der Waals surface area contributed by atoms with Gasteiger partial charge in [0, 0.05) is 19.3 Å². The van der Waals surface area contributed by atoms with Crippen LogP contribution in [0, 0.1) is 0 Å². The van der Waals surface area contributed by atoms with E-state index in [0.29, 0.717) is 5.54 Å². The number of hydrogen-bond acceptors (Lipinski definition) is 1. The van der Waals surface area contributed by atoms with Gasteiger partial charge in [-0.15, -0.1) is 6.61 Å². The van der Waals surface area contributed by atoms with Crippen LogP contribution in [0.4, 0.5) is 0 Å². The third-order valence-electron chi connectivity index (χ3n) is 7.68. The lowest BCUT2D eigenvalue weighted by molar-refractivity contribution is -0.484. The fourth-order valence-corrected chi connectivity index (χ4v) is 5.10. The molecule has 0 rings (SSSR count). The molecule has 214 valence electrons. The Labute approximate surface area is 224 Å². The molecule has 0 aliphatic carbocycles. The van der Waals surface area contributed by atoms with Gasteiger partial charge in [-0.1, -0.05) is 163 Å². The van der Waals surface area contributed by atoms with Gasteiger partial charge in [-0.3, -0.25) is 0 Å².